The topological polar surface area (TPSA) is 51.3 Å². The van der Waals surface area contributed by atoms with Crippen molar-refractivity contribution < 1.29 is 0 Å². The maximum atomic E-state index is 11.7. The number of aromatic nitrogens is 1. The molecule has 0 aromatic carbocycles. The number of pyridine rings is 1. The minimum absolute atomic E-state index is 0.0102. The van der Waals surface area contributed by atoms with Crippen LogP contribution in [0.2, 0.25) is 0 Å². The van der Waals surface area contributed by atoms with E-state index in [2.05, 4.69) is 0 Å². The van der Waals surface area contributed by atoms with Gasteiger partial charge in [0.1, 0.15) is 0 Å². The number of hydrogen-bond acceptors (Lipinski definition) is 3. The largest absolute Gasteiger partial charge is 0.397 e. The van der Waals surface area contributed by atoms with Crippen LogP contribution < -0.4 is 11.3 Å². The van der Waals surface area contributed by atoms with Gasteiger partial charge in [0.15, 0.2) is 0 Å². The molecule has 0 spiro atoms. The van der Waals surface area contributed by atoms with Gasteiger partial charge in [-0.3, -0.25) is 4.79 Å². The molecule has 0 aliphatic carbocycles. The summed E-state index contributed by atoms with van der Waals surface area (Å²) in [4.78, 5) is 13.8. The van der Waals surface area contributed by atoms with Crippen LogP contribution in [0.5, 0.6) is 0 Å². The molecule has 0 saturated carbocycles. The molecule has 1 aromatic heterocycles. The first kappa shape index (κ1) is 11.8. The average molecular weight is 209 g/mol. The zero-order valence-electron chi connectivity index (χ0n) is 9.82. The Morgan fingerprint density at radius 1 is 1.53 bits per heavy atom. The summed E-state index contributed by atoms with van der Waals surface area (Å²) in [5.74, 6) is 0. The number of likely N-dealkylation sites (N-methyl/N-ethyl adjacent to an activating group) is 1. The van der Waals surface area contributed by atoms with Gasteiger partial charge in [0.25, 0.3) is 5.56 Å². The molecule has 4 nitrogen and oxygen atoms in total. The van der Waals surface area contributed by atoms with Gasteiger partial charge >= 0.3 is 0 Å². The standard InChI is InChI=1S/C11H19N3O/c1-8-5-11(15)14(7-10(8)12)9(2)6-13(3)4/h5,7,9H,6,12H2,1-4H3. The van der Waals surface area contributed by atoms with Crippen molar-refractivity contribution in [2.45, 2.75) is 19.9 Å². The van der Waals surface area contributed by atoms with E-state index < -0.39 is 0 Å². The lowest BCUT2D eigenvalue weighted by Crippen LogP contribution is -2.30. The summed E-state index contributed by atoms with van der Waals surface area (Å²) in [5.41, 5.74) is 7.30. The number of anilines is 1. The molecule has 1 atom stereocenters. The fraction of sp³-hybridized carbons (Fsp3) is 0.545. The molecular formula is C11H19N3O. The van der Waals surface area contributed by atoms with Gasteiger partial charge in [-0.15, -0.1) is 0 Å². The quantitative estimate of drug-likeness (QED) is 0.803. The van der Waals surface area contributed by atoms with Crippen molar-refractivity contribution in [1.82, 2.24) is 9.47 Å². The van der Waals surface area contributed by atoms with Crippen molar-refractivity contribution in [3.63, 3.8) is 0 Å². The Morgan fingerprint density at radius 3 is 2.67 bits per heavy atom. The van der Waals surface area contributed by atoms with Crippen molar-refractivity contribution in [3.8, 4) is 0 Å². The van der Waals surface area contributed by atoms with Crippen LogP contribution >= 0.6 is 0 Å². The average Bonchev–Trinajstić information content (AvgIpc) is 2.09. The molecule has 1 aromatic rings. The molecule has 4 heteroatoms. The highest BCUT2D eigenvalue weighted by Crippen LogP contribution is 2.10. The van der Waals surface area contributed by atoms with E-state index in [1.165, 1.54) is 0 Å². The molecule has 1 unspecified atom stereocenters. The molecule has 0 amide bonds. The molecule has 2 N–H and O–H groups in total. The first-order valence-electron chi connectivity index (χ1n) is 5.05. The van der Waals surface area contributed by atoms with Crippen LogP contribution in [0.25, 0.3) is 0 Å². The lowest BCUT2D eigenvalue weighted by atomic mass is 10.2. The van der Waals surface area contributed by atoms with Gasteiger partial charge in [-0.25, -0.2) is 0 Å². The SMILES string of the molecule is Cc1cc(=O)n(C(C)CN(C)C)cc1N. The summed E-state index contributed by atoms with van der Waals surface area (Å²) < 4.78 is 1.68. The minimum Gasteiger partial charge on any atom is -0.397 e. The maximum Gasteiger partial charge on any atom is 0.251 e. The fourth-order valence-electron chi connectivity index (χ4n) is 1.62. The summed E-state index contributed by atoms with van der Waals surface area (Å²) in [7, 11) is 3.97. The van der Waals surface area contributed by atoms with Gasteiger partial charge in [0, 0.05) is 24.8 Å². The molecule has 0 aliphatic heterocycles. The Balaban J connectivity index is 3.04. The van der Waals surface area contributed by atoms with Crippen molar-refractivity contribution in [1.29, 1.82) is 0 Å². The lowest BCUT2D eigenvalue weighted by molar-refractivity contribution is 0.333. The number of hydrogen-bond donors (Lipinski definition) is 1. The number of nitrogens with two attached hydrogens (primary N) is 1. The zero-order chi connectivity index (χ0) is 11.6. The van der Waals surface area contributed by atoms with E-state index in [4.69, 9.17) is 5.73 Å². The number of nitrogen functional groups attached to an aromatic ring is 1. The molecule has 0 aliphatic rings. The van der Waals surface area contributed by atoms with Crippen molar-refractivity contribution in [2.24, 2.45) is 0 Å². The van der Waals surface area contributed by atoms with Gasteiger partial charge in [-0.05, 0) is 33.5 Å². The van der Waals surface area contributed by atoms with Gasteiger partial charge in [-0.1, -0.05) is 0 Å². The second-order valence-corrected chi connectivity index (χ2v) is 4.27. The smallest absolute Gasteiger partial charge is 0.251 e. The highest BCUT2D eigenvalue weighted by Gasteiger charge is 2.08. The fourth-order valence-corrected chi connectivity index (χ4v) is 1.62. The van der Waals surface area contributed by atoms with E-state index in [0.29, 0.717) is 5.69 Å². The Morgan fingerprint density at radius 2 is 2.13 bits per heavy atom. The minimum atomic E-state index is 0.0102. The molecule has 15 heavy (non-hydrogen) atoms. The molecule has 1 rings (SSSR count). The van der Waals surface area contributed by atoms with Crippen molar-refractivity contribution in [2.75, 3.05) is 26.4 Å². The molecular weight excluding hydrogens is 190 g/mol. The van der Waals surface area contributed by atoms with E-state index in [1.807, 2.05) is 32.8 Å². The molecule has 0 saturated heterocycles. The number of rotatable bonds is 3. The van der Waals surface area contributed by atoms with Gasteiger partial charge in [0.05, 0.1) is 5.69 Å². The molecule has 0 bridgehead atoms. The Hall–Kier alpha value is -1.29. The normalized spacial score (nSPS) is 13.1. The second-order valence-electron chi connectivity index (χ2n) is 4.27. The second kappa shape index (κ2) is 4.49. The monoisotopic (exact) mass is 209 g/mol. The van der Waals surface area contributed by atoms with Crippen LogP contribution in [0.4, 0.5) is 5.69 Å². The summed E-state index contributed by atoms with van der Waals surface area (Å²) in [6, 6.07) is 1.72. The van der Waals surface area contributed by atoms with Crippen LogP contribution in [0.3, 0.4) is 0 Å². The van der Waals surface area contributed by atoms with Gasteiger partial charge in [0.2, 0.25) is 0 Å². The van der Waals surface area contributed by atoms with E-state index in [9.17, 15) is 4.79 Å². The third-order valence-corrected chi connectivity index (χ3v) is 2.43. The zero-order valence-corrected chi connectivity index (χ0v) is 9.82. The van der Waals surface area contributed by atoms with Crippen molar-refractivity contribution >= 4 is 5.69 Å². The third kappa shape index (κ3) is 2.83. The van der Waals surface area contributed by atoms with Crippen LogP contribution in [0.15, 0.2) is 17.1 Å². The Kier molecular flexibility index (Phi) is 3.52. The maximum absolute atomic E-state index is 11.7. The predicted molar refractivity (Wildman–Crippen MR) is 63.1 cm³/mol. The predicted octanol–water partition coefficient (Wildman–Crippen LogP) is 0.862. The summed E-state index contributed by atoms with van der Waals surface area (Å²) in [6.45, 7) is 4.68. The van der Waals surface area contributed by atoms with Crippen LogP contribution in [-0.4, -0.2) is 30.1 Å². The highest BCUT2D eigenvalue weighted by atomic mass is 16.1. The van der Waals surface area contributed by atoms with E-state index in [-0.39, 0.29) is 11.6 Å². The Labute approximate surface area is 90.3 Å². The van der Waals surface area contributed by atoms with Gasteiger partial charge < -0.3 is 15.2 Å². The van der Waals surface area contributed by atoms with Crippen molar-refractivity contribution in [3.05, 3.63) is 28.2 Å². The summed E-state index contributed by atoms with van der Waals surface area (Å²) >= 11 is 0. The molecule has 0 fully saturated rings. The van der Waals surface area contributed by atoms with E-state index in [1.54, 1.807) is 16.8 Å². The first-order valence-corrected chi connectivity index (χ1v) is 5.05. The van der Waals surface area contributed by atoms with Crippen LogP contribution in [0, 0.1) is 6.92 Å². The van der Waals surface area contributed by atoms with E-state index in [0.717, 1.165) is 12.1 Å². The molecule has 0 radical (unpaired) electrons. The van der Waals surface area contributed by atoms with Crippen LogP contribution in [0.1, 0.15) is 18.5 Å². The molecule has 84 valence electrons. The third-order valence-electron chi connectivity index (χ3n) is 2.43. The van der Waals surface area contributed by atoms with E-state index >= 15 is 0 Å². The van der Waals surface area contributed by atoms with Gasteiger partial charge in [-0.2, -0.15) is 0 Å². The Bertz CT molecular complexity index is 395. The highest BCUT2D eigenvalue weighted by molar-refractivity contribution is 5.43. The number of aryl methyl sites for hydroxylation is 1. The van der Waals surface area contributed by atoms with Crippen LogP contribution in [-0.2, 0) is 0 Å². The summed E-state index contributed by atoms with van der Waals surface area (Å²) in [6.07, 6.45) is 1.73. The summed E-state index contributed by atoms with van der Waals surface area (Å²) in [5, 5.41) is 0. The molecule has 1 heterocycles. The lowest BCUT2D eigenvalue weighted by Gasteiger charge is -2.20. The number of nitrogens with zero attached hydrogens (tertiary/aromatic N) is 2. The first-order chi connectivity index (χ1) is 6.91.